The Hall–Kier alpha value is -3.93. The molecule has 3 amide bonds. The maximum atomic E-state index is 12.6. The Kier molecular flexibility index (Phi) is 7.01. The fraction of sp³-hybridized carbons (Fsp3) is 0.423. The first-order valence-corrected chi connectivity index (χ1v) is 11.8. The summed E-state index contributed by atoms with van der Waals surface area (Å²) in [5.74, 6) is -2.46. The largest absolute Gasteiger partial charge is 0.454 e. The number of carbonyl (C=O) groups excluding carboxylic acids is 4. The van der Waals surface area contributed by atoms with Crippen molar-refractivity contribution in [2.75, 3.05) is 18.5 Å². The molecule has 9 heteroatoms. The van der Waals surface area contributed by atoms with Gasteiger partial charge in [-0.1, -0.05) is 43.2 Å². The molecule has 0 radical (unpaired) electrons. The second kappa shape index (κ2) is 10.1. The van der Waals surface area contributed by atoms with E-state index in [0.717, 1.165) is 34.6 Å². The smallest absolute Gasteiger partial charge is 0.326 e. The van der Waals surface area contributed by atoms with Crippen LogP contribution in [0.2, 0.25) is 0 Å². The van der Waals surface area contributed by atoms with Crippen LogP contribution >= 0.6 is 0 Å². The number of rotatable bonds is 7. The maximum absolute atomic E-state index is 12.6. The molecule has 2 unspecified atom stereocenters. The van der Waals surface area contributed by atoms with E-state index >= 15 is 0 Å². The van der Waals surface area contributed by atoms with Gasteiger partial charge in [-0.3, -0.25) is 24.1 Å². The zero-order valence-electron chi connectivity index (χ0n) is 19.9. The number of esters is 1. The van der Waals surface area contributed by atoms with Crippen LogP contribution in [-0.4, -0.2) is 46.3 Å². The highest BCUT2D eigenvalue weighted by molar-refractivity contribution is 6.07. The van der Waals surface area contributed by atoms with Crippen LogP contribution in [0.1, 0.15) is 48.1 Å². The van der Waals surface area contributed by atoms with E-state index < -0.39 is 25.0 Å². The van der Waals surface area contributed by atoms with Gasteiger partial charge in [-0.25, -0.2) is 0 Å². The summed E-state index contributed by atoms with van der Waals surface area (Å²) >= 11 is 0. The normalized spacial score (nSPS) is 19.3. The molecular weight excluding hydrogens is 448 g/mol. The SMILES string of the molecule is Cc1c(C#N)c(NC(=O)COC(=O)CN2C(=O)C3CCCCC3C2=O)n(Cc2ccccc2)c1C. The Morgan fingerprint density at radius 3 is 2.31 bits per heavy atom. The third-order valence-corrected chi connectivity index (χ3v) is 6.97. The fourth-order valence-corrected chi connectivity index (χ4v) is 4.97. The van der Waals surface area contributed by atoms with Gasteiger partial charge in [-0.05, 0) is 37.8 Å². The third-order valence-electron chi connectivity index (χ3n) is 6.97. The molecule has 4 rings (SSSR count). The molecule has 35 heavy (non-hydrogen) atoms. The van der Waals surface area contributed by atoms with Crippen LogP contribution in [0, 0.1) is 37.0 Å². The zero-order chi connectivity index (χ0) is 25.1. The summed E-state index contributed by atoms with van der Waals surface area (Å²) in [6.45, 7) is 3.04. The van der Waals surface area contributed by atoms with Gasteiger partial charge in [0.25, 0.3) is 5.91 Å². The van der Waals surface area contributed by atoms with E-state index in [9.17, 15) is 24.4 Å². The predicted molar refractivity (Wildman–Crippen MR) is 126 cm³/mol. The summed E-state index contributed by atoms with van der Waals surface area (Å²) in [5.41, 5.74) is 2.93. The van der Waals surface area contributed by atoms with Crippen LogP contribution in [0.4, 0.5) is 5.82 Å². The molecule has 9 nitrogen and oxygen atoms in total. The van der Waals surface area contributed by atoms with E-state index in [1.165, 1.54) is 0 Å². The lowest BCUT2D eigenvalue weighted by atomic mass is 9.81. The van der Waals surface area contributed by atoms with Crippen LogP contribution < -0.4 is 5.32 Å². The molecule has 1 aromatic carbocycles. The topological polar surface area (TPSA) is 122 Å². The summed E-state index contributed by atoms with van der Waals surface area (Å²) in [7, 11) is 0. The Morgan fingerprint density at radius 1 is 1.09 bits per heavy atom. The van der Waals surface area contributed by atoms with Gasteiger partial charge in [0.05, 0.1) is 17.4 Å². The first kappa shape index (κ1) is 24.2. The second-order valence-electron chi connectivity index (χ2n) is 9.09. The second-order valence-corrected chi connectivity index (χ2v) is 9.09. The molecule has 1 saturated carbocycles. The van der Waals surface area contributed by atoms with Crippen LogP contribution in [0.5, 0.6) is 0 Å². The maximum Gasteiger partial charge on any atom is 0.326 e. The molecule has 2 aromatic rings. The summed E-state index contributed by atoms with van der Waals surface area (Å²) in [6, 6.07) is 11.8. The summed E-state index contributed by atoms with van der Waals surface area (Å²) < 4.78 is 6.91. The van der Waals surface area contributed by atoms with Gasteiger partial charge in [0, 0.05) is 12.2 Å². The molecule has 0 spiro atoms. The Balaban J connectivity index is 1.39. The van der Waals surface area contributed by atoms with E-state index in [1.807, 2.05) is 48.7 Å². The van der Waals surface area contributed by atoms with Crippen molar-refractivity contribution in [2.24, 2.45) is 11.8 Å². The lowest BCUT2D eigenvalue weighted by molar-refractivity contribution is -0.154. The minimum atomic E-state index is -0.826. The molecule has 1 aliphatic heterocycles. The predicted octanol–water partition coefficient (Wildman–Crippen LogP) is 2.68. The van der Waals surface area contributed by atoms with Gasteiger partial charge in [-0.2, -0.15) is 5.26 Å². The minimum absolute atomic E-state index is 0.329. The van der Waals surface area contributed by atoms with Crippen LogP contribution in [0.3, 0.4) is 0 Å². The molecule has 1 saturated heterocycles. The number of amides is 3. The number of nitrogens with one attached hydrogen (secondary N) is 1. The highest BCUT2D eigenvalue weighted by Gasteiger charge is 2.48. The van der Waals surface area contributed by atoms with Crippen molar-refractivity contribution < 1.29 is 23.9 Å². The molecule has 1 N–H and O–H groups in total. The number of ether oxygens (including phenoxy) is 1. The molecule has 2 aliphatic rings. The molecule has 2 heterocycles. The standard InChI is InChI=1S/C26H28N4O5/c1-16-17(2)29(13-18-8-4-3-5-9-18)24(21(16)12-27)28-22(31)15-35-23(32)14-30-25(33)19-10-6-7-11-20(19)26(30)34/h3-5,8-9,19-20H,6-7,10-11,13-15H2,1-2H3,(H,28,31). The van der Waals surface area contributed by atoms with Crippen LogP contribution in [-0.2, 0) is 30.5 Å². The number of fused-ring (bicyclic) bond motifs is 1. The average molecular weight is 477 g/mol. The lowest BCUT2D eigenvalue weighted by Gasteiger charge is -2.19. The van der Waals surface area contributed by atoms with Gasteiger partial charge < -0.3 is 14.6 Å². The number of carbonyl (C=O) groups is 4. The van der Waals surface area contributed by atoms with E-state index in [-0.39, 0.29) is 23.7 Å². The number of likely N-dealkylation sites (tertiary alicyclic amines) is 1. The van der Waals surface area contributed by atoms with Gasteiger partial charge in [0.1, 0.15) is 18.4 Å². The van der Waals surface area contributed by atoms with Gasteiger partial charge in [-0.15, -0.1) is 0 Å². The highest BCUT2D eigenvalue weighted by atomic mass is 16.5. The first-order chi connectivity index (χ1) is 16.8. The fourth-order valence-electron chi connectivity index (χ4n) is 4.97. The number of nitrogens with zero attached hydrogens (tertiary/aromatic N) is 3. The Labute approximate surface area is 203 Å². The van der Waals surface area contributed by atoms with Crippen molar-refractivity contribution in [2.45, 2.75) is 46.1 Å². The van der Waals surface area contributed by atoms with Crippen LogP contribution in [0.15, 0.2) is 30.3 Å². The minimum Gasteiger partial charge on any atom is -0.454 e. The van der Waals surface area contributed by atoms with E-state index in [4.69, 9.17) is 4.74 Å². The molecule has 182 valence electrons. The zero-order valence-corrected chi connectivity index (χ0v) is 19.9. The van der Waals surface area contributed by atoms with E-state index in [2.05, 4.69) is 11.4 Å². The highest BCUT2D eigenvalue weighted by Crippen LogP contribution is 2.37. The average Bonchev–Trinajstić information content (AvgIpc) is 3.23. The molecular formula is C26H28N4O5. The van der Waals surface area contributed by atoms with Crippen molar-refractivity contribution in [3.63, 3.8) is 0 Å². The molecule has 2 fully saturated rings. The number of anilines is 1. The monoisotopic (exact) mass is 476 g/mol. The summed E-state index contributed by atoms with van der Waals surface area (Å²) in [6.07, 6.45) is 3.11. The van der Waals surface area contributed by atoms with E-state index in [1.54, 1.807) is 0 Å². The Bertz CT molecular complexity index is 1190. The lowest BCUT2D eigenvalue weighted by Crippen LogP contribution is -2.37. The van der Waals surface area contributed by atoms with Crippen molar-refractivity contribution in [3.8, 4) is 6.07 Å². The molecule has 1 aromatic heterocycles. The number of nitriles is 1. The number of hydrogen-bond donors (Lipinski definition) is 1. The first-order valence-electron chi connectivity index (χ1n) is 11.8. The Morgan fingerprint density at radius 2 is 1.71 bits per heavy atom. The van der Waals surface area contributed by atoms with Gasteiger partial charge in [0.15, 0.2) is 6.61 Å². The quantitative estimate of drug-likeness (QED) is 0.484. The van der Waals surface area contributed by atoms with Crippen molar-refractivity contribution in [3.05, 3.63) is 52.7 Å². The summed E-state index contributed by atoms with van der Waals surface area (Å²) in [4.78, 5) is 51.0. The van der Waals surface area contributed by atoms with Gasteiger partial charge >= 0.3 is 5.97 Å². The van der Waals surface area contributed by atoms with Crippen molar-refractivity contribution in [1.29, 1.82) is 5.26 Å². The third kappa shape index (κ3) is 4.83. The number of imide groups is 1. The molecule has 0 bridgehead atoms. The number of hydrogen-bond acceptors (Lipinski definition) is 6. The number of aromatic nitrogens is 1. The van der Waals surface area contributed by atoms with Crippen LogP contribution in [0.25, 0.3) is 0 Å². The number of benzene rings is 1. The molecule has 2 atom stereocenters. The summed E-state index contributed by atoms with van der Waals surface area (Å²) in [5, 5.41) is 12.4. The van der Waals surface area contributed by atoms with E-state index in [0.29, 0.717) is 30.8 Å². The van der Waals surface area contributed by atoms with Crippen molar-refractivity contribution in [1.82, 2.24) is 9.47 Å². The van der Waals surface area contributed by atoms with Gasteiger partial charge in [0.2, 0.25) is 11.8 Å². The molecule has 1 aliphatic carbocycles. The van der Waals surface area contributed by atoms with Crippen molar-refractivity contribution >= 4 is 29.5 Å².